The van der Waals surface area contributed by atoms with E-state index in [1.165, 1.54) is 12.1 Å². The van der Waals surface area contributed by atoms with Gasteiger partial charge in [0.05, 0.1) is 18.4 Å². The summed E-state index contributed by atoms with van der Waals surface area (Å²) in [5.41, 5.74) is 1.82. The highest BCUT2D eigenvalue weighted by atomic mass is 19.1. The van der Waals surface area contributed by atoms with Gasteiger partial charge in [-0.15, -0.1) is 0 Å². The van der Waals surface area contributed by atoms with Crippen molar-refractivity contribution >= 4 is 5.91 Å². The van der Waals surface area contributed by atoms with E-state index in [1.807, 2.05) is 24.3 Å². The Kier molecular flexibility index (Phi) is 7.75. The van der Waals surface area contributed by atoms with Crippen LogP contribution < -0.4 is 14.8 Å². The molecule has 0 spiro atoms. The predicted molar refractivity (Wildman–Crippen MR) is 130 cm³/mol. The number of aromatic nitrogens is 1. The number of ether oxygens (including phenoxy) is 2. The summed E-state index contributed by atoms with van der Waals surface area (Å²) >= 11 is 0. The molecule has 1 fully saturated rings. The van der Waals surface area contributed by atoms with E-state index >= 15 is 0 Å². The average molecular weight is 464 g/mol. The number of halogens is 1. The van der Waals surface area contributed by atoms with Gasteiger partial charge in [0, 0.05) is 36.9 Å². The fourth-order valence-corrected chi connectivity index (χ4v) is 4.15. The molecular weight excluding hydrogens is 433 g/mol. The van der Waals surface area contributed by atoms with Crippen LogP contribution in [-0.2, 0) is 0 Å². The maximum Gasteiger partial charge on any atom is 0.253 e. The van der Waals surface area contributed by atoms with Crippen LogP contribution in [0.1, 0.15) is 30.1 Å². The van der Waals surface area contributed by atoms with Crippen molar-refractivity contribution in [1.82, 2.24) is 15.2 Å². The molecule has 1 aliphatic rings. The second kappa shape index (κ2) is 11.1. The molecule has 6 nitrogen and oxygen atoms in total. The Morgan fingerprint density at radius 1 is 1.12 bits per heavy atom. The summed E-state index contributed by atoms with van der Waals surface area (Å²) in [5, 5.41) is 3.12. The van der Waals surface area contributed by atoms with Crippen LogP contribution in [0.15, 0.2) is 66.9 Å². The van der Waals surface area contributed by atoms with E-state index in [1.54, 1.807) is 37.6 Å². The smallest absolute Gasteiger partial charge is 0.253 e. The minimum Gasteiger partial charge on any atom is -0.493 e. The highest BCUT2D eigenvalue weighted by molar-refractivity contribution is 5.94. The topological polar surface area (TPSA) is 63.7 Å². The van der Waals surface area contributed by atoms with Gasteiger partial charge in [-0.2, -0.15) is 0 Å². The zero-order chi connectivity index (χ0) is 23.9. The Hall–Kier alpha value is -3.45. The van der Waals surface area contributed by atoms with Gasteiger partial charge in [0.1, 0.15) is 12.4 Å². The van der Waals surface area contributed by atoms with Crippen molar-refractivity contribution in [3.05, 3.63) is 78.2 Å². The third kappa shape index (κ3) is 5.91. The number of nitrogens with zero attached hydrogens (tertiary/aromatic N) is 2. The van der Waals surface area contributed by atoms with Gasteiger partial charge in [-0.1, -0.05) is 24.3 Å². The first-order chi connectivity index (χ1) is 16.5. The lowest BCUT2D eigenvalue weighted by atomic mass is 10.0. The lowest BCUT2D eigenvalue weighted by molar-refractivity contribution is 0.0861. The molecule has 0 bridgehead atoms. The normalized spacial score (nSPS) is 15.5. The molecule has 4 rings (SSSR count). The first-order valence-electron chi connectivity index (χ1n) is 11.6. The predicted octanol–water partition coefficient (Wildman–Crippen LogP) is 4.56. The molecule has 3 aromatic rings. The van der Waals surface area contributed by atoms with Crippen molar-refractivity contribution in [1.29, 1.82) is 0 Å². The molecule has 1 aromatic heterocycles. The van der Waals surface area contributed by atoms with Crippen LogP contribution >= 0.6 is 0 Å². The van der Waals surface area contributed by atoms with Crippen LogP contribution in [0.2, 0.25) is 0 Å². The number of para-hydroxylation sites is 2. The second-order valence-corrected chi connectivity index (χ2v) is 8.54. The first kappa shape index (κ1) is 23.7. The fourth-order valence-electron chi connectivity index (χ4n) is 4.15. The fraction of sp³-hybridized carbons (Fsp3) is 0.333. The van der Waals surface area contributed by atoms with Crippen LogP contribution in [0.5, 0.6) is 11.5 Å². The van der Waals surface area contributed by atoms with Crippen molar-refractivity contribution in [3.63, 3.8) is 0 Å². The highest BCUT2D eigenvalue weighted by Crippen LogP contribution is 2.26. The number of hydrogen-bond acceptors (Lipinski definition) is 5. The molecule has 1 unspecified atom stereocenters. The van der Waals surface area contributed by atoms with Crippen molar-refractivity contribution in [2.24, 2.45) is 0 Å². The van der Waals surface area contributed by atoms with Gasteiger partial charge >= 0.3 is 0 Å². The molecule has 1 N–H and O–H groups in total. The van der Waals surface area contributed by atoms with E-state index in [-0.39, 0.29) is 23.8 Å². The molecule has 1 amide bonds. The van der Waals surface area contributed by atoms with E-state index in [2.05, 4.69) is 22.1 Å². The molecule has 1 aliphatic heterocycles. The monoisotopic (exact) mass is 463 g/mol. The summed E-state index contributed by atoms with van der Waals surface area (Å²) in [6, 6.07) is 17.8. The average Bonchev–Trinajstić information content (AvgIpc) is 2.88. The molecule has 178 valence electrons. The minimum absolute atomic E-state index is 0.119. The van der Waals surface area contributed by atoms with E-state index in [4.69, 9.17) is 9.47 Å². The van der Waals surface area contributed by atoms with Gasteiger partial charge in [-0.3, -0.25) is 14.7 Å². The third-order valence-electron chi connectivity index (χ3n) is 6.18. The molecular formula is C27H30FN3O3. The van der Waals surface area contributed by atoms with Crippen LogP contribution in [0.4, 0.5) is 4.39 Å². The zero-order valence-electron chi connectivity index (χ0n) is 19.5. The number of likely N-dealkylation sites (tertiary alicyclic amines) is 1. The summed E-state index contributed by atoms with van der Waals surface area (Å²) in [4.78, 5) is 19.4. The van der Waals surface area contributed by atoms with E-state index in [9.17, 15) is 9.18 Å². The van der Waals surface area contributed by atoms with Crippen molar-refractivity contribution in [3.8, 4) is 22.8 Å². The summed E-state index contributed by atoms with van der Waals surface area (Å²) in [6.45, 7) is 4.50. The number of methoxy groups -OCH3 is 1. The van der Waals surface area contributed by atoms with E-state index < -0.39 is 0 Å². The number of amides is 1. The van der Waals surface area contributed by atoms with Crippen molar-refractivity contribution in [2.75, 3.05) is 26.8 Å². The third-order valence-corrected chi connectivity index (χ3v) is 6.18. The summed E-state index contributed by atoms with van der Waals surface area (Å²) < 4.78 is 24.8. The largest absolute Gasteiger partial charge is 0.493 e. The molecule has 34 heavy (non-hydrogen) atoms. The van der Waals surface area contributed by atoms with Gasteiger partial charge in [0.25, 0.3) is 5.91 Å². The number of rotatable bonds is 8. The number of benzene rings is 2. The van der Waals surface area contributed by atoms with Crippen molar-refractivity contribution in [2.45, 2.75) is 31.8 Å². The molecule has 0 aliphatic carbocycles. The second-order valence-electron chi connectivity index (χ2n) is 8.54. The SMILES string of the molecule is COc1ccccc1OCC(C)N1CCC(NC(=O)c2ccc(-c3cccc(F)c3)nc2)CC1. The van der Waals surface area contributed by atoms with Gasteiger partial charge in [-0.05, 0) is 56.2 Å². The molecule has 2 aromatic carbocycles. The maximum absolute atomic E-state index is 13.4. The van der Waals surface area contributed by atoms with Crippen LogP contribution in [-0.4, -0.2) is 54.7 Å². The minimum atomic E-state index is -0.312. The number of piperidine rings is 1. The van der Waals surface area contributed by atoms with Gasteiger partial charge in [0.2, 0.25) is 0 Å². The molecule has 2 heterocycles. The highest BCUT2D eigenvalue weighted by Gasteiger charge is 2.24. The zero-order valence-corrected chi connectivity index (χ0v) is 19.5. The summed E-state index contributed by atoms with van der Waals surface area (Å²) in [5.74, 6) is 1.03. The molecule has 1 atom stereocenters. The summed E-state index contributed by atoms with van der Waals surface area (Å²) in [6.07, 6.45) is 3.29. The molecule has 0 saturated carbocycles. The maximum atomic E-state index is 13.4. The van der Waals surface area contributed by atoms with Crippen LogP contribution in [0.3, 0.4) is 0 Å². The molecule has 0 radical (unpaired) electrons. The van der Waals surface area contributed by atoms with Crippen LogP contribution in [0, 0.1) is 5.82 Å². The van der Waals surface area contributed by atoms with E-state index in [0.29, 0.717) is 23.4 Å². The van der Waals surface area contributed by atoms with Crippen molar-refractivity contribution < 1.29 is 18.7 Å². The lowest BCUT2D eigenvalue weighted by Crippen LogP contribution is -2.48. The number of carbonyl (C=O) groups is 1. The Bertz CT molecular complexity index is 1100. The Labute approximate surface area is 199 Å². The summed E-state index contributed by atoms with van der Waals surface area (Å²) in [7, 11) is 1.64. The molecule has 7 heteroatoms. The Morgan fingerprint density at radius 2 is 1.88 bits per heavy atom. The Balaban J connectivity index is 1.24. The van der Waals surface area contributed by atoms with E-state index in [0.717, 1.165) is 37.4 Å². The van der Waals surface area contributed by atoms with Gasteiger partial charge < -0.3 is 14.8 Å². The molecule has 1 saturated heterocycles. The first-order valence-corrected chi connectivity index (χ1v) is 11.6. The lowest BCUT2D eigenvalue weighted by Gasteiger charge is -2.36. The quantitative estimate of drug-likeness (QED) is 0.531. The number of hydrogen-bond donors (Lipinski definition) is 1. The number of carbonyl (C=O) groups excluding carboxylic acids is 1. The number of nitrogens with one attached hydrogen (secondary N) is 1. The van der Waals surface area contributed by atoms with Gasteiger partial charge in [0.15, 0.2) is 11.5 Å². The van der Waals surface area contributed by atoms with Crippen LogP contribution in [0.25, 0.3) is 11.3 Å². The van der Waals surface area contributed by atoms with Gasteiger partial charge in [-0.25, -0.2) is 4.39 Å². The Morgan fingerprint density at radius 3 is 2.56 bits per heavy atom. The number of pyridine rings is 1. The standard InChI is InChI=1S/C27H30FN3O3/c1-19(18-34-26-9-4-3-8-25(26)33-2)31-14-12-23(13-15-31)30-27(32)21-10-11-24(29-17-21)20-6-5-7-22(28)16-20/h3-11,16-17,19,23H,12-15,18H2,1-2H3,(H,30,32).